The van der Waals surface area contributed by atoms with E-state index in [2.05, 4.69) is 22.4 Å². The monoisotopic (exact) mass is 411 g/mol. The lowest BCUT2D eigenvalue weighted by Gasteiger charge is -2.33. The van der Waals surface area contributed by atoms with Gasteiger partial charge in [-0.05, 0) is 51.3 Å². The van der Waals surface area contributed by atoms with E-state index in [1.54, 1.807) is 4.90 Å². The Balaban J connectivity index is 1.63. The first-order valence-corrected chi connectivity index (χ1v) is 10.1. The molecule has 8 heteroatoms. The van der Waals surface area contributed by atoms with E-state index in [1.165, 1.54) is 16.9 Å². The lowest BCUT2D eigenvalue weighted by molar-refractivity contribution is -0.186. The zero-order chi connectivity index (χ0) is 20.5. The number of nitrogens with one attached hydrogen (secondary N) is 1. The Morgan fingerprint density at radius 2 is 1.96 bits per heavy atom. The minimum absolute atomic E-state index is 0.0515. The number of likely N-dealkylation sites (tertiary alicyclic amines) is 1. The van der Waals surface area contributed by atoms with Crippen LogP contribution in [0.15, 0.2) is 17.5 Å². The van der Waals surface area contributed by atoms with Crippen molar-refractivity contribution >= 4 is 22.4 Å². The lowest BCUT2D eigenvalue weighted by Crippen LogP contribution is -2.44. The van der Waals surface area contributed by atoms with Crippen molar-refractivity contribution in [1.29, 1.82) is 0 Å². The van der Waals surface area contributed by atoms with Gasteiger partial charge in [0, 0.05) is 17.5 Å². The largest absolute Gasteiger partial charge is 0.393 e. The number of thiazole rings is 1. The quantitative estimate of drug-likeness (QED) is 0.774. The Hall–Kier alpha value is -1.93. The average Bonchev–Trinajstić information content (AvgIpc) is 3.01. The highest BCUT2D eigenvalue weighted by molar-refractivity contribution is 7.14. The minimum atomic E-state index is -4.21. The van der Waals surface area contributed by atoms with Gasteiger partial charge in [-0.15, -0.1) is 11.3 Å². The highest BCUT2D eigenvalue weighted by Gasteiger charge is 2.41. The molecule has 1 aliphatic heterocycles. The van der Waals surface area contributed by atoms with Crippen LogP contribution in [0.25, 0.3) is 11.3 Å². The van der Waals surface area contributed by atoms with Gasteiger partial charge in [-0.2, -0.15) is 13.2 Å². The molecule has 0 spiro atoms. The van der Waals surface area contributed by atoms with Gasteiger partial charge in [-0.3, -0.25) is 9.69 Å². The number of hydrogen-bond donors (Lipinski definition) is 1. The average molecular weight is 411 g/mol. The van der Waals surface area contributed by atoms with Crippen molar-refractivity contribution in [2.45, 2.75) is 39.8 Å². The number of carbonyl (C=O) groups is 1. The summed E-state index contributed by atoms with van der Waals surface area (Å²) in [6, 6.07) is 4.18. The predicted molar refractivity (Wildman–Crippen MR) is 106 cm³/mol. The topological polar surface area (TPSA) is 45.2 Å². The third-order valence-corrected chi connectivity index (χ3v) is 5.78. The van der Waals surface area contributed by atoms with Crippen LogP contribution in [0.5, 0.6) is 0 Å². The summed E-state index contributed by atoms with van der Waals surface area (Å²) in [4.78, 5) is 18.4. The van der Waals surface area contributed by atoms with Gasteiger partial charge in [0.2, 0.25) is 5.91 Å². The van der Waals surface area contributed by atoms with Gasteiger partial charge in [0.25, 0.3) is 0 Å². The number of rotatable bonds is 4. The third-order valence-electron chi connectivity index (χ3n) is 5.02. The summed E-state index contributed by atoms with van der Waals surface area (Å²) in [5.74, 6) is -1.69. The standard InChI is InChI=1S/C20H24F3N3OS/c1-12-7-13(2)18(14(3)8-12)16-11-28-19(24-16)25-17(27)10-26-6-4-5-15(9-26)20(21,22)23/h7-8,11,15H,4-6,9-10H2,1-3H3,(H,24,25,27). The molecule has 0 bridgehead atoms. The zero-order valence-electron chi connectivity index (χ0n) is 16.2. The molecule has 152 valence electrons. The van der Waals surface area contributed by atoms with Crippen LogP contribution in [-0.2, 0) is 4.79 Å². The van der Waals surface area contributed by atoms with Crippen LogP contribution in [-0.4, -0.2) is 41.6 Å². The predicted octanol–water partition coefficient (Wildman–Crippen LogP) is 4.95. The second-order valence-corrected chi connectivity index (χ2v) is 8.33. The highest BCUT2D eigenvalue weighted by atomic mass is 32.1. The number of alkyl halides is 3. The molecule has 1 amide bonds. The van der Waals surface area contributed by atoms with E-state index < -0.39 is 12.1 Å². The maximum Gasteiger partial charge on any atom is 0.393 e. The van der Waals surface area contributed by atoms with Crippen LogP contribution in [0, 0.1) is 26.7 Å². The smallest absolute Gasteiger partial charge is 0.301 e. The highest BCUT2D eigenvalue weighted by Crippen LogP contribution is 2.33. The first-order chi connectivity index (χ1) is 13.1. The van der Waals surface area contributed by atoms with Crippen molar-refractivity contribution < 1.29 is 18.0 Å². The molecule has 1 aromatic carbocycles. The molecule has 1 N–H and O–H groups in total. The number of benzene rings is 1. The van der Waals surface area contributed by atoms with Crippen LogP contribution < -0.4 is 5.32 Å². The Morgan fingerprint density at radius 3 is 2.61 bits per heavy atom. The number of aryl methyl sites for hydroxylation is 3. The maximum atomic E-state index is 12.9. The summed E-state index contributed by atoms with van der Waals surface area (Å²) in [7, 11) is 0. The molecule has 0 aliphatic carbocycles. The number of amides is 1. The van der Waals surface area contributed by atoms with Crippen LogP contribution in [0.1, 0.15) is 29.5 Å². The van der Waals surface area contributed by atoms with E-state index in [4.69, 9.17) is 0 Å². The molecule has 2 heterocycles. The summed E-state index contributed by atoms with van der Waals surface area (Å²) in [6.07, 6.45) is -3.62. The van der Waals surface area contributed by atoms with Crippen molar-refractivity contribution in [3.63, 3.8) is 0 Å². The fourth-order valence-corrected chi connectivity index (χ4v) is 4.58. The molecular weight excluding hydrogens is 387 g/mol. The van der Waals surface area contributed by atoms with Crippen molar-refractivity contribution in [2.24, 2.45) is 5.92 Å². The first kappa shape index (κ1) is 20.8. The van der Waals surface area contributed by atoms with Gasteiger partial charge >= 0.3 is 6.18 Å². The number of halogens is 3. The van der Waals surface area contributed by atoms with Crippen molar-refractivity contribution in [1.82, 2.24) is 9.88 Å². The molecule has 3 rings (SSSR count). The van der Waals surface area contributed by atoms with E-state index in [1.807, 2.05) is 26.2 Å². The zero-order valence-corrected chi connectivity index (χ0v) is 17.0. The second kappa shape index (κ2) is 8.21. The summed E-state index contributed by atoms with van der Waals surface area (Å²) in [6.45, 7) is 6.43. The molecule has 4 nitrogen and oxygen atoms in total. The summed E-state index contributed by atoms with van der Waals surface area (Å²) >= 11 is 1.32. The molecule has 1 aromatic heterocycles. The van der Waals surface area contributed by atoms with Crippen molar-refractivity contribution in [2.75, 3.05) is 25.0 Å². The number of hydrogen-bond acceptors (Lipinski definition) is 4. The number of carbonyl (C=O) groups excluding carboxylic acids is 1. The fraction of sp³-hybridized carbons (Fsp3) is 0.500. The number of nitrogens with zero attached hydrogens (tertiary/aromatic N) is 2. The Labute approximate surface area is 166 Å². The third kappa shape index (κ3) is 4.91. The van der Waals surface area contributed by atoms with E-state index in [9.17, 15) is 18.0 Å². The van der Waals surface area contributed by atoms with Gasteiger partial charge in [-0.25, -0.2) is 4.98 Å². The molecule has 1 saturated heterocycles. The Bertz CT molecular complexity index is 840. The molecular formula is C20H24F3N3OS. The van der Waals surface area contributed by atoms with Crippen molar-refractivity contribution in [3.8, 4) is 11.3 Å². The molecule has 1 aliphatic rings. The maximum absolute atomic E-state index is 12.9. The Morgan fingerprint density at radius 1 is 1.29 bits per heavy atom. The van der Waals surface area contributed by atoms with Crippen molar-refractivity contribution in [3.05, 3.63) is 34.2 Å². The molecule has 0 saturated carbocycles. The second-order valence-electron chi connectivity index (χ2n) is 7.48. The molecule has 28 heavy (non-hydrogen) atoms. The fourth-order valence-electron chi connectivity index (χ4n) is 3.86. The van der Waals surface area contributed by atoms with Gasteiger partial charge in [-0.1, -0.05) is 17.7 Å². The van der Waals surface area contributed by atoms with Crippen LogP contribution in [0.4, 0.5) is 18.3 Å². The van der Waals surface area contributed by atoms with Crippen LogP contribution in [0.2, 0.25) is 0 Å². The van der Waals surface area contributed by atoms with Gasteiger partial charge in [0.05, 0.1) is 18.2 Å². The van der Waals surface area contributed by atoms with Gasteiger partial charge in [0.1, 0.15) is 0 Å². The molecule has 0 radical (unpaired) electrons. The van der Waals surface area contributed by atoms with Crippen LogP contribution >= 0.6 is 11.3 Å². The van der Waals surface area contributed by atoms with E-state index in [-0.39, 0.29) is 25.4 Å². The Kier molecular flexibility index (Phi) is 6.09. The van der Waals surface area contributed by atoms with Crippen LogP contribution in [0.3, 0.4) is 0 Å². The summed E-state index contributed by atoms with van der Waals surface area (Å²) < 4.78 is 38.8. The molecule has 2 aromatic rings. The molecule has 1 unspecified atom stereocenters. The number of piperidine rings is 1. The lowest BCUT2D eigenvalue weighted by atomic mass is 9.97. The number of anilines is 1. The summed E-state index contributed by atoms with van der Waals surface area (Å²) in [5.41, 5.74) is 5.26. The van der Waals surface area contributed by atoms with E-state index in [0.717, 1.165) is 22.4 Å². The first-order valence-electron chi connectivity index (χ1n) is 9.26. The molecule has 1 fully saturated rings. The number of aromatic nitrogens is 1. The van der Waals surface area contributed by atoms with Gasteiger partial charge in [0.15, 0.2) is 5.13 Å². The minimum Gasteiger partial charge on any atom is -0.301 e. The molecule has 1 atom stereocenters. The summed E-state index contributed by atoms with van der Waals surface area (Å²) in [5, 5.41) is 5.08. The van der Waals surface area contributed by atoms with E-state index >= 15 is 0 Å². The van der Waals surface area contributed by atoms with Gasteiger partial charge < -0.3 is 5.32 Å². The van der Waals surface area contributed by atoms with E-state index in [0.29, 0.717) is 18.1 Å². The SMILES string of the molecule is Cc1cc(C)c(-c2csc(NC(=O)CN3CCCC(C(F)(F)F)C3)n2)c(C)c1. The normalized spacial score (nSPS) is 18.3.